The topological polar surface area (TPSA) is 50.7 Å². The van der Waals surface area contributed by atoms with E-state index in [4.69, 9.17) is 39.5 Å². The van der Waals surface area contributed by atoms with E-state index in [1.807, 2.05) is 12.1 Å². The van der Waals surface area contributed by atoms with Gasteiger partial charge >= 0.3 is 0 Å². The Labute approximate surface area is 142 Å². The molecule has 0 spiro atoms. The Morgan fingerprint density at radius 1 is 1.14 bits per heavy atom. The van der Waals surface area contributed by atoms with Crippen LogP contribution in [0.25, 0.3) is 0 Å². The maximum absolute atomic E-state index is 11.6. The molecule has 2 aromatic carbocycles. The molecule has 2 aromatic rings. The molecule has 1 amide bonds. The van der Waals surface area contributed by atoms with Crippen molar-refractivity contribution in [1.82, 2.24) is 5.43 Å². The third-order valence-corrected chi connectivity index (χ3v) is 3.43. The van der Waals surface area contributed by atoms with Gasteiger partial charge in [-0.25, -0.2) is 5.43 Å². The van der Waals surface area contributed by atoms with Gasteiger partial charge < -0.3 is 4.74 Å². The highest BCUT2D eigenvalue weighted by molar-refractivity contribution is 6.35. The van der Waals surface area contributed by atoms with Crippen LogP contribution in [0.1, 0.15) is 5.56 Å². The number of hydrogen-bond donors (Lipinski definition) is 1. The van der Waals surface area contributed by atoms with Crippen LogP contribution in [0.2, 0.25) is 15.1 Å². The van der Waals surface area contributed by atoms with Crippen molar-refractivity contribution in [3.8, 4) is 5.75 Å². The van der Waals surface area contributed by atoms with E-state index in [1.165, 1.54) is 12.3 Å². The van der Waals surface area contributed by atoms with E-state index in [-0.39, 0.29) is 6.61 Å². The summed E-state index contributed by atoms with van der Waals surface area (Å²) in [6.45, 7) is -0.221. The highest BCUT2D eigenvalue weighted by Crippen LogP contribution is 2.27. The van der Waals surface area contributed by atoms with Gasteiger partial charge in [0.15, 0.2) is 6.61 Å². The molecule has 0 unspecified atom stereocenters. The molecule has 0 saturated heterocycles. The zero-order chi connectivity index (χ0) is 15.9. The van der Waals surface area contributed by atoms with Crippen LogP contribution < -0.4 is 10.2 Å². The summed E-state index contributed by atoms with van der Waals surface area (Å²) in [7, 11) is 0. The molecule has 22 heavy (non-hydrogen) atoms. The minimum atomic E-state index is -0.422. The van der Waals surface area contributed by atoms with Crippen molar-refractivity contribution in [3.63, 3.8) is 0 Å². The zero-order valence-electron chi connectivity index (χ0n) is 11.2. The van der Waals surface area contributed by atoms with Gasteiger partial charge in [-0.3, -0.25) is 4.79 Å². The summed E-state index contributed by atoms with van der Waals surface area (Å²) in [5.41, 5.74) is 3.04. The fourth-order valence-corrected chi connectivity index (χ4v) is 2.17. The van der Waals surface area contributed by atoms with Crippen molar-refractivity contribution in [3.05, 3.63) is 63.1 Å². The predicted molar refractivity (Wildman–Crippen MR) is 89.1 cm³/mol. The normalized spacial score (nSPS) is 10.7. The number of nitrogens with one attached hydrogen (secondary N) is 1. The number of nitrogens with zero attached hydrogens (tertiary/aromatic N) is 1. The number of ether oxygens (including phenoxy) is 1. The quantitative estimate of drug-likeness (QED) is 0.645. The fourth-order valence-electron chi connectivity index (χ4n) is 1.52. The van der Waals surface area contributed by atoms with Crippen molar-refractivity contribution < 1.29 is 9.53 Å². The second-order valence-corrected chi connectivity index (χ2v) is 5.43. The molecule has 2 rings (SSSR count). The summed E-state index contributed by atoms with van der Waals surface area (Å²) in [6.07, 6.45) is 1.45. The number of rotatable bonds is 5. The van der Waals surface area contributed by atoms with Crippen molar-refractivity contribution in [2.75, 3.05) is 6.61 Å². The molecule has 0 aliphatic heterocycles. The third-order valence-electron chi connectivity index (χ3n) is 2.55. The lowest BCUT2D eigenvalue weighted by atomic mass is 10.2. The Balaban J connectivity index is 1.84. The Morgan fingerprint density at radius 2 is 1.91 bits per heavy atom. The summed E-state index contributed by atoms with van der Waals surface area (Å²) < 4.78 is 5.28. The van der Waals surface area contributed by atoms with Gasteiger partial charge in [0.1, 0.15) is 5.75 Å². The average Bonchev–Trinajstić information content (AvgIpc) is 2.48. The van der Waals surface area contributed by atoms with E-state index in [9.17, 15) is 4.79 Å². The maximum atomic E-state index is 11.6. The van der Waals surface area contributed by atoms with E-state index in [0.717, 1.165) is 0 Å². The van der Waals surface area contributed by atoms with Gasteiger partial charge in [-0.05, 0) is 24.3 Å². The van der Waals surface area contributed by atoms with Gasteiger partial charge in [0.25, 0.3) is 5.91 Å². The van der Waals surface area contributed by atoms with E-state index < -0.39 is 5.91 Å². The average molecular weight is 358 g/mol. The van der Waals surface area contributed by atoms with Crippen molar-refractivity contribution in [1.29, 1.82) is 0 Å². The smallest absolute Gasteiger partial charge is 0.277 e. The van der Waals surface area contributed by atoms with Crippen molar-refractivity contribution >= 4 is 46.9 Å². The first-order chi connectivity index (χ1) is 10.6. The number of benzene rings is 2. The Kier molecular flexibility index (Phi) is 6.07. The molecule has 0 fully saturated rings. The Hall–Kier alpha value is -1.75. The van der Waals surface area contributed by atoms with Crippen LogP contribution in [-0.2, 0) is 4.79 Å². The lowest BCUT2D eigenvalue weighted by Crippen LogP contribution is -2.24. The van der Waals surface area contributed by atoms with Crippen molar-refractivity contribution in [2.24, 2.45) is 5.10 Å². The van der Waals surface area contributed by atoms with Crippen LogP contribution in [0.3, 0.4) is 0 Å². The van der Waals surface area contributed by atoms with Crippen LogP contribution in [0.4, 0.5) is 0 Å². The third kappa shape index (κ3) is 4.91. The minimum absolute atomic E-state index is 0.221. The summed E-state index contributed by atoms with van der Waals surface area (Å²) in [6, 6.07) is 11.9. The molecule has 114 valence electrons. The molecule has 0 aliphatic carbocycles. The van der Waals surface area contributed by atoms with Gasteiger partial charge in [0.2, 0.25) is 0 Å². The van der Waals surface area contributed by atoms with E-state index in [2.05, 4.69) is 10.5 Å². The molecule has 0 atom stereocenters. The first-order valence-electron chi connectivity index (χ1n) is 6.20. The van der Waals surface area contributed by atoms with Gasteiger partial charge in [0, 0.05) is 15.6 Å². The lowest BCUT2D eigenvalue weighted by molar-refractivity contribution is -0.123. The predicted octanol–water partition coefficient (Wildman–Crippen LogP) is 4.18. The van der Waals surface area contributed by atoms with Crippen LogP contribution in [-0.4, -0.2) is 18.7 Å². The second kappa shape index (κ2) is 8.03. The van der Waals surface area contributed by atoms with Crippen LogP contribution in [0.15, 0.2) is 47.6 Å². The highest BCUT2D eigenvalue weighted by atomic mass is 35.5. The van der Waals surface area contributed by atoms with Crippen LogP contribution >= 0.6 is 34.8 Å². The number of amides is 1. The first-order valence-corrected chi connectivity index (χ1v) is 7.34. The summed E-state index contributed by atoms with van der Waals surface area (Å²) in [5.74, 6) is -0.0504. The lowest BCUT2D eigenvalue weighted by Gasteiger charge is -2.07. The number of halogens is 3. The summed E-state index contributed by atoms with van der Waals surface area (Å²) in [5, 5.41) is 5.18. The first kappa shape index (κ1) is 16.6. The van der Waals surface area contributed by atoms with Gasteiger partial charge in [-0.2, -0.15) is 5.10 Å². The molecule has 7 heteroatoms. The van der Waals surface area contributed by atoms with Crippen molar-refractivity contribution in [2.45, 2.75) is 0 Å². The molecule has 0 aliphatic rings. The Bertz CT molecular complexity index is 705. The van der Waals surface area contributed by atoms with Gasteiger partial charge in [-0.15, -0.1) is 0 Å². The minimum Gasteiger partial charge on any atom is -0.482 e. The fraction of sp³-hybridized carbons (Fsp3) is 0.0667. The largest absolute Gasteiger partial charge is 0.482 e. The van der Waals surface area contributed by atoms with Crippen LogP contribution in [0.5, 0.6) is 5.75 Å². The van der Waals surface area contributed by atoms with E-state index in [0.29, 0.717) is 26.4 Å². The molecule has 0 aromatic heterocycles. The molecule has 0 bridgehead atoms. The van der Waals surface area contributed by atoms with Gasteiger partial charge in [-0.1, -0.05) is 53.0 Å². The molecular formula is C15H11Cl3N2O2. The molecule has 0 heterocycles. The number of carbonyl (C=O) groups excluding carboxylic acids is 1. The van der Waals surface area contributed by atoms with E-state index in [1.54, 1.807) is 24.3 Å². The monoisotopic (exact) mass is 356 g/mol. The second-order valence-electron chi connectivity index (χ2n) is 4.18. The molecule has 0 saturated carbocycles. The standard InChI is InChI=1S/C15H11Cl3N2O2/c16-11-5-6-14(13(18)7-11)22-9-15(21)20-19-8-10-3-1-2-4-12(10)17/h1-8H,9H2,(H,20,21). The molecule has 4 nitrogen and oxygen atoms in total. The number of carbonyl (C=O) groups is 1. The molecule has 0 radical (unpaired) electrons. The Morgan fingerprint density at radius 3 is 2.64 bits per heavy atom. The SMILES string of the molecule is O=C(COc1ccc(Cl)cc1Cl)NN=Cc1ccccc1Cl. The molecular weight excluding hydrogens is 347 g/mol. The summed E-state index contributed by atoms with van der Waals surface area (Å²) in [4.78, 5) is 11.6. The van der Waals surface area contributed by atoms with Gasteiger partial charge in [0.05, 0.1) is 11.2 Å². The summed E-state index contributed by atoms with van der Waals surface area (Å²) >= 11 is 17.7. The van der Waals surface area contributed by atoms with E-state index >= 15 is 0 Å². The van der Waals surface area contributed by atoms with Crippen LogP contribution in [0, 0.1) is 0 Å². The maximum Gasteiger partial charge on any atom is 0.277 e. The number of hydrogen-bond acceptors (Lipinski definition) is 3. The highest BCUT2D eigenvalue weighted by Gasteiger charge is 2.05. The molecule has 1 N–H and O–H groups in total. The zero-order valence-corrected chi connectivity index (χ0v) is 13.5. The number of hydrazone groups is 1.